The predicted molar refractivity (Wildman–Crippen MR) is 83.0 cm³/mol. The zero-order valence-corrected chi connectivity index (χ0v) is 13.4. The van der Waals surface area contributed by atoms with Crippen LogP contribution in [0.5, 0.6) is 0 Å². The first-order valence-corrected chi connectivity index (χ1v) is 6.89. The lowest BCUT2D eigenvalue weighted by Crippen LogP contribution is -2.29. The lowest BCUT2D eigenvalue weighted by Gasteiger charge is -2.14. The quantitative estimate of drug-likeness (QED) is 0.834. The van der Waals surface area contributed by atoms with Crippen LogP contribution in [-0.4, -0.2) is 18.5 Å². The summed E-state index contributed by atoms with van der Waals surface area (Å²) in [6, 6.07) is 4.95. The number of nitrogens with two attached hydrogens (primary N) is 1. The molecule has 7 heteroatoms. The van der Waals surface area contributed by atoms with Gasteiger partial charge in [0.15, 0.2) is 0 Å². The van der Waals surface area contributed by atoms with Crippen LogP contribution in [0.1, 0.15) is 43.7 Å². The molecule has 0 aliphatic heterocycles. The fourth-order valence-electron chi connectivity index (χ4n) is 1.91. The molecular formula is C15H22ClF3N2O. The molecule has 2 atom stereocenters. The van der Waals surface area contributed by atoms with Crippen molar-refractivity contribution in [1.29, 1.82) is 0 Å². The van der Waals surface area contributed by atoms with E-state index in [4.69, 9.17) is 5.73 Å². The van der Waals surface area contributed by atoms with E-state index < -0.39 is 11.7 Å². The van der Waals surface area contributed by atoms with Crippen LogP contribution in [0.4, 0.5) is 13.2 Å². The van der Waals surface area contributed by atoms with Crippen molar-refractivity contribution in [3.05, 3.63) is 35.4 Å². The van der Waals surface area contributed by atoms with Crippen LogP contribution in [-0.2, 0) is 11.0 Å². The van der Waals surface area contributed by atoms with E-state index in [1.807, 2.05) is 13.8 Å². The van der Waals surface area contributed by atoms with Gasteiger partial charge in [-0.15, -0.1) is 12.4 Å². The summed E-state index contributed by atoms with van der Waals surface area (Å²) in [6.45, 7) is 4.18. The number of nitrogens with one attached hydrogen (secondary N) is 1. The van der Waals surface area contributed by atoms with Crippen LogP contribution < -0.4 is 11.1 Å². The third-order valence-corrected chi connectivity index (χ3v) is 3.22. The van der Waals surface area contributed by atoms with Gasteiger partial charge in [-0.25, -0.2) is 0 Å². The molecule has 0 aromatic heterocycles. The minimum atomic E-state index is -4.34. The Morgan fingerprint density at radius 1 is 1.23 bits per heavy atom. The fraction of sp³-hybridized carbons (Fsp3) is 0.533. The van der Waals surface area contributed by atoms with E-state index in [1.165, 1.54) is 12.1 Å². The third kappa shape index (κ3) is 7.13. The molecule has 0 saturated heterocycles. The molecule has 1 aromatic rings. The van der Waals surface area contributed by atoms with E-state index in [9.17, 15) is 18.0 Å². The molecule has 3 N–H and O–H groups in total. The lowest BCUT2D eigenvalue weighted by atomic mass is 9.96. The van der Waals surface area contributed by atoms with E-state index in [0.717, 1.165) is 12.1 Å². The second-order valence-corrected chi connectivity index (χ2v) is 5.34. The Morgan fingerprint density at radius 2 is 1.77 bits per heavy atom. The van der Waals surface area contributed by atoms with Crippen molar-refractivity contribution in [2.75, 3.05) is 6.54 Å². The first-order chi connectivity index (χ1) is 9.70. The van der Waals surface area contributed by atoms with Gasteiger partial charge in [-0.05, 0) is 37.0 Å². The van der Waals surface area contributed by atoms with Crippen molar-refractivity contribution in [2.45, 2.75) is 44.8 Å². The van der Waals surface area contributed by atoms with Crippen LogP contribution >= 0.6 is 12.4 Å². The Bertz CT molecular complexity index is 461. The summed E-state index contributed by atoms with van der Waals surface area (Å²) < 4.78 is 37.4. The summed E-state index contributed by atoms with van der Waals surface area (Å²) in [5.74, 6) is -0.259. The maximum Gasteiger partial charge on any atom is 0.416 e. The van der Waals surface area contributed by atoms with Gasteiger partial charge in [0.1, 0.15) is 0 Å². The van der Waals surface area contributed by atoms with E-state index in [-0.39, 0.29) is 36.7 Å². The van der Waals surface area contributed by atoms with Crippen molar-refractivity contribution in [1.82, 2.24) is 5.32 Å². The van der Waals surface area contributed by atoms with Crippen LogP contribution in [0.2, 0.25) is 0 Å². The monoisotopic (exact) mass is 338 g/mol. The Labute approximate surface area is 134 Å². The molecule has 0 bridgehead atoms. The molecule has 2 unspecified atom stereocenters. The highest BCUT2D eigenvalue weighted by Crippen LogP contribution is 2.30. The fourth-order valence-corrected chi connectivity index (χ4v) is 1.91. The first-order valence-electron chi connectivity index (χ1n) is 6.89. The van der Waals surface area contributed by atoms with E-state index >= 15 is 0 Å². The average molecular weight is 339 g/mol. The molecule has 1 aromatic carbocycles. The number of carbonyl (C=O) groups is 1. The predicted octanol–water partition coefficient (Wildman–Crippen LogP) is 3.47. The van der Waals surface area contributed by atoms with Gasteiger partial charge in [0.25, 0.3) is 0 Å². The van der Waals surface area contributed by atoms with Gasteiger partial charge in [-0.3, -0.25) is 4.79 Å². The second-order valence-electron chi connectivity index (χ2n) is 5.34. The second kappa shape index (κ2) is 9.00. The van der Waals surface area contributed by atoms with Gasteiger partial charge in [-0.2, -0.15) is 13.2 Å². The number of hydrogen-bond acceptors (Lipinski definition) is 2. The Balaban J connectivity index is 0.00000441. The van der Waals surface area contributed by atoms with Gasteiger partial charge >= 0.3 is 6.18 Å². The van der Waals surface area contributed by atoms with E-state index in [2.05, 4.69) is 5.32 Å². The lowest BCUT2D eigenvalue weighted by molar-refractivity contribution is -0.137. The van der Waals surface area contributed by atoms with Crippen LogP contribution in [0.3, 0.4) is 0 Å². The molecule has 0 aliphatic carbocycles. The Hall–Kier alpha value is -1.27. The highest BCUT2D eigenvalue weighted by molar-refractivity contribution is 5.85. The molecular weight excluding hydrogens is 317 g/mol. The Kier molecular flexibility index (Phi) is 8.48. The summed E-state index contributed by atoms with van der Waals surface area (Å²) in [6.07, 6.45) is -3.40. The number of amides is 1. The molecule has 126 valence electrons. The van der Waals surface area contributed by atoms with Gasteiger partial charge in [-0.1, -0.05) is 19.1 Å². The molecule has 0 saturated carbocycles. The molecule has 1 amide bonds. The smallest absolute Gasteiger partial charge is 0.356 e. The van der Waals surface area contributed by atoms with Gasteiger partial charge < -0.3 is 11.1 Å². The number of benzene rings is 1. The summed E-state index contributed by atoms with van der Waals surface area (Å²) in [5, 5.41) is 2.75. The number of halogens is 4. The SMILES string of the molecule is CC(N)CCNC(=O)CC(C)c1ccc(C(F)(F)F)cc1.Cl. The zero-order chi connectivity index (χ0) is 16.0. The standard InChI is InChI=1S/C15H21F3N2O.ClH/c1-10(9-14(21)20-8-7-11(2)19)12-3-5-13(6-4-12)15(16,17)18;/h3-6,10-11H,7-9,19H2,1-2H3,(H,20,21);1H. The summed E-state index contributed by atoms with van der Waals surface area (Å²) >= 11 is 0. The van der Waals surface area contributed by atoms with Gasteiger partial charge in [0.05, 0.1) is 5.56 Å². The van der Waals surface area contributed by atoms with E-state index in [1.54, 1.807) is 0 Å². The average Bonchev–Trinajstić information content (AvgIpc) is 2.37. The Morgan fingerprint density at radius 3 is 2.23 bits per heavy atom. The molecule has 0 radical (unpaired) electrons. The van der Waals surface area contributed by atoms with Crippen molar-refractivity contribution in [3.8, 4) is 0 Å². The van der Waals surface area contributed by atoms with Crippen LogP contribution in [0.25, 0.3) is 0 Å². The molecule has 1 rings (SSSR count). The number of carbonyl (C=O) groups excluding carboxylic acids is 1. The van der Waals surface area contributed by atoms with Crippen LogP contribution in [0.15, 0.2) is 24.3 Å². The molecule has 0 fully saturated rings. The van der Waals surface area contributed by atoms with Crippen molar-refractivity contribution >= 4 is 18.3 Å². The largest absolute Gasteiger partial charge is 0.416 e. The minimum absolute atomic E-state index is 0. The number of rotatable bonds is 6. The molecule has 22 heavy (non-hydrogen) atoms. The van der Waals surface area contributed by atoms with Crippen molar-refractivity contribution in [3.63, 3.8) is 0 Å². The van der Waals surface area contributed by atoms with Crippen molar-refractivity contribution < 1.29 is 18.0 Å². The minimum Gasteiger partial charge on any atom is -0.356 e. The highest BCUT2D eigenvalue weighted by atomic mass is 35.5. The normalized spacial score (nSPS) is 13.9. The van der Waals surface area contributed by atoms with E-state index in [0.29, 0.717) is 18.5 Å². The van der Waals surface area contributed by atoms with Gasteiger partial charge in [0, 0.05) is 19.0 Å². The maximum absolute atomic E-state index is 12.5. The van der Waals surface area contributed by atoms with Crippen molar-refractivity contribution in [2.24, 2.45) is 5.73 Å². The number of hydrogen-bond donors (Lipinski definition) is 2. The molecule has 0 heterocycles. The summed E-state index contributed by atoms with van der Waals surface area (Å²) in [4.78, 5) is 11.7. The first kappa shape index (κ1) is 20.7. The molecule has 0 aliphatic rings. The van der Waals surface area contributed by atoms with Crippen LogP contribution in [0, 0.1) is 0 Å². The molecule has 3 nitrogen and oxygen atoms in total. The zero-order valence-electron chi connectivity index (χ0n) is 12.6. The summed E-state index contributed by atoms with van der Waals surface area (Å²) in [5.41, 5.74) is 5.61. The summed E-state index contributed by atoms with van der Waals surface area (Å²) in [7, 11) is 0. The topological polar surface area (TPSA) is 55.1 Å². The number of alkyl halides is 3. The molecule has 0 spiro atoms. The maximum atomic E-state index is 12.5. The third-order valence-electron chi connectivity index (χ3n) is 3.22. The van der Waals surface area contributed by atoms with Gasteiger partial charge in [0.2, 0.25) is 5.91 Å². The highest BCUT2D eigenvalue weighted by Gasteiger charge is 2.30.